The lowest BCUT2D eigenvalue weighted by atomic mass is 10.0. The zero-order valence-electron chi connectivity index (χ0n) is 34.5. The van der Waals surface area contributed by atoms with Crippen molar-refractivity contribution in [3.8, 4) is 11.4 Å². The molecular weight excluding hydrogens is 743 g/mol. The van der Waals surface area contributed by atoms with Gasteiger partial charge < -0.3 is 14.5 Å². The lowest BCUT2D eigenvalue weighted by Gasteiger charge is -2.21. The van der Waals surface area contributed by atoms with Gasteiger partial charge in [-0.3, -0.25) is 4.57 Å². The first-order chi connectivity index (χ1) is 30.1. The van der Waals surface area contributed by atoms with Crippen LogP contribution in [0.4, 0.5) is 0 Å². The molecule has 0 aliphatic heterocycles. The summed E-state index contributed by atoms with van der Waals surface area (Å²) >= 11 is 0. The van der Waals surface area contributed by atoms with E-state index in [9.17, 15) is 0 Å². The lowest BCUT2D eigenvalue weighted by Crippen LogP contribution is -2.32. The van der Waals surface area contributed by atoms with Crippen molar-refractivity contribution in [3.05, 3.63) is 211 Å². The van der Waals surface area contributed by atoms with E-state index in [-0.39, 0.29) is 6.04 Å². The molecule has 5 nitrogen and oxygen atoms in total. The highest BCUT2D eigenvalue weighted by Gasteiger charge is 2.22. The van der Waals surface area contributed by atoms with Crippen LogP contribution in [0.3, 0.4) is 0 Å². The second kappa shape index (κ2) is 14.9. The van der Waals surface area contributed by atoms with Crippen molar-refractivity contribution in [2.24, 2.45) is 4.99 Å². The number of aromatic nitrogens is 3. The number of fused-ring (bicyclic) bond motifs is 10. The van der Waals surface area contributed by atoms with Crippen LogP contribution in [0.25, 0.3) is 82.5 Å². The van der Waals surface area contributed by atoms with Crippen molar-refractivity contribution in [2.75, 3.05) is 0 Å². The van der Waals surface area contributed by atoms with Gasteiger partial charge in [-0.05, 0) is 86.0 Å². The molecule has 0 amide bonds. The summed E-state index contributed by atoms with van der Waals surface area (Å²) < 4.78 is 7.19. The first-order valence-corrected chi connectivity index (χ1v) is 21.3. The third-order valence-corrected chi connectivity index (χ3v) is 12.5. The molecular formula is C56H45N5. The normalized spacial score (nSPS) is 13.2. The number of allylic oxidation sites excluding steroid dienone is 1. The Kier molecular flexibility index (Phi) is 8.89. The summed E-state index contributed by atoms with van der Waals surface area (Å²) in [5.41, 5.74) is 13.6. The number of nitrogens with zero attached hydrogens (tertiary/aromatic N) is 4. The minimum absolute atomic E-state index is 0.00702. The number of hydrogen-bond donors (Lipinski definition) is 1. The van der Waals surface area contributed by atoms with Crippen molar-refractivity contribution >= 4 is 77.1 Å². The Morgan fingerprint density at radius 2 is 1.05 bits per heavy atom. The molecule has 0 spiro atoms. The van der Waals surface area contributed by atoms with Gasteiger partial charge in [-0.2, -0.15) is 0 Å². The first-order valence-electron chi connectivity index (χ1n) is 21.3. The molecule has 11 rings (SSSR count). The molecule has 3 aromatic heterocycles. The molecule has 1 atom stereocenters. The highest BCUT2D eigenvalue weighted by Crippen LogP contribution is 2.42. The SMILES string of the molecule is CCC(C)=C(N=C(NC(C)c1ccccc1)n1c2ccccc2c2ccccc21)c1cccc(-n2c3ccccc3c3ccc4c(c5ccccc5n4-c4ccccc4)c32)c1. The summed E-state index contributed by atoms with van der Waals surface area (Å²) in [6, 6.07) is 69.9. The van der Waals surface area contributed by atoms with Crippen molar-refractivity contribution < 1.29 is 0 Å². The highest BCUT2D eigenvalue weighted by molar-refractivity contribution is 6.26. The third kappa shape index (κ3) is 5.96. The molecule has 294 valence electrons. The molecule has 0 saturated carbocycles. The summed E-state index contributed by atoms with van der Waals surface area (Å²) in [4.78, 5) is 5.74. The molecule has 5 heteroatoms. The maximum Gasteiger partial charge on any atom is 0.208 e. The van der Waals surface area contributed by atoms with E-state index in [0.717, 1.165) is 46.0 Å². The summed E-state index contributed by atoms with van der Waals surface area (Å²) in [5.74, 6) is 0.786. The first kappa shape index (κ1) is 36.4. The molecule has 0 aliphatic rings. The number of rotatable bonds is 7. The van der Waals surface area contributed by atoms with E-state index < -0.39 is 0 Å². The minimum atomic E-state index is -0.00702. The van der Waals surface area contributed by atoms with Gasteiger partial charge in [0.2, 0.25) is 5.96 Å². The van der Waals surface area contributed by atoms with Gasteiger partial charge in [-0.1, -0.05) is 146 Å². The van der Waals surface area contributed by atoms with Crippen LogP contribution in [0.15, 0.2) is 205 Å². The Balaban J connectivity index is 1.16. The van der Waals surface area contributed by atoms with Crippen LogP contribution in [0.2, 0.25) is 0 Å². The summed E-state index contributed by atoms with van der Waals surface area (Å²) in [5, 5.41) is 11.2. The van der Waals surface area contributed by atoms with Gasteiger partial charge >= 0.3 is 0 Å². The molecule has 0 radical (unpaired) electrons. The average molecular weight is 788 g/mol. The molecule has 1 N–H and O–H groups in total. The van der Waals surface area contributed by atoms with Crippen LogP contribution >= 0.6 is 0 Å². The van der Waals surface area contributed by atoms with E-state index in [2.05, 4.69) is 234 Å². The molecule has 3 heterocycles. The Morgan fingerprint density at radius 3 is 1.70 bits per heavy atom. The van der Waals surface area contributed by atoms with Crippen LogP contribution in [-0.2, 0) is 0 Å². The van der Waals surface area contributed by atoms with Crippen molar-refractivity contribution in [2.45, 2.75) is 33.2 Å². The fraction of sp³-hybridized carbons (Fsp3) is 0.0893. The average Bonchev–Trinajstić information content (AvgIpc) is 3.96. The van der Waals surface area contributed by atoms with Crippen LogP contribution in [-0.4, -0.2) is 19.7 Å². The second-order valence-electron chi connectivity index (χ2n) is 16.0. The van der Waals surface area contributed by atoms with Crippen LogP contribution < -0.4 is 5.32 Å². The topological polar surface area (TPSA) is 39.2 Å². The molecule has 0 aliphatic carbocycles. The third-order valence-electron chi connectivity index (χ3n) is 12.5. The molecule has 0 fully saturated rings. The number of nitrogens with one attached hydrogen (secondary N) is 1. The minimum Gasteiger partial charge on any atom is -0.349 e. The molecule has 0 saturated heterocycles. The summed E-state index contributed by atoms with van der Waals surface area (Å²) in [6.07, 6.45) is 0.854. The molecule has 0 bridgehead atoms. The molecule has 61 heavy (non-hydrogen) atoms. The van der Waals surface area contributed by atoms with E-state index in [1.165, 1.54) is 65.5 Å². The van der Waals surface area contributed by atoms with Gasteiger partial charge in [0.25, 0.3) is 0 Å². The van der Waals surface area contributed by atoms with Gasteiger partial charge in [-0.25, -0.2) is 4.99 Å². The monoisotopic (exact) mass is 787 g/mol. The van der Waals surface area contributed by atoms with Gasteiger partial charge in [0.15, 0.2) is 0 Å². The van der Waals surface area contributed by atoms with Crippen LogP contribution in [0, 0.1) is 0 Å². The standard InChI is InChI=1S/C56H45N5/c1-4-37(2)54(58-56(57-38(3)39-20-7-5-8-21-39)61-49-31-16-11-26-43(49)44-27-12-17-32-50(44)61)40-22-19-25-42(36-40)60-48-30-15-13-28-45(48)46-34-35-52-53(55(46)60)47-29-14-18-33-51(47)59(52)41-23-9-6-10-24-41/h5-36,38H,4H2,1-3H3,(H,57,58). The van der Waals surface area contributed by atoms with Gasteiger partial charge in [0.05, 0.1) is 44.8 Å². The van der Waals surface area contributed by atoms with Gasteiger partial charge in [0.1, 0.15) is 0 Å². The van der Waals surface area contributed by atoms with E-state index >= 15 is 0 Å². The van der Waals surface area contributed by atoms with Gasteiger partial charge in [0, 0.05) is 49.3 Å². The van der Waals surface area contributed by atoms with Crippen LogP contribution in [0.5, 0.6) is 0 Å². The van der Waals surface area contributed by atoms with Crippen molar-refractivity contribution in [1.29, 1.82) is 0 Å². The van der Waals surface area contributed by atoms with Crippen LogP contribution in [0.1, 0.15) is 44.4 Å². The fourth-order valence-electron chi connectivity index (χ4n) is 9.42. The maximum absolute atomic E-state index is 5.74. The number of benzene rings is 8. The smallest absolute Gasteiger partial charge is 0.208 e. The molecule has 8 aromatic carbocycles. The second-order valence-corrected chi connectivity index (χ2v) is 16.0. The zero-order chi connectivity index (χ0) is 41.0. The Morgan fingerprint density at radius 1 is 0.508 bits per heavy atom. The zero-order valence-corrected chi connectivity index (χ0v) is 34.5. The molecule has 1 unspecified atom stereocenters. The predicted molar refractivity (Wildman–Crippen MR) is 258 cm³/mol. The van der Waals surface area contributed by atoms with E-state index in [1.807, 2.05) is 0 Å². The number of aliphatic imine (C=N–C) groups is 1. The fourth-order valence-corrected chi connectivity index (χ4v) is 9.42. The quantitative estimate of drug-likeness (QED) is 0.127. The number of hydrogen-bond acceptors (Lipinski definition) is 1. The maximum atomic E-state index is 5.74. The summed E-state index contributed by atoms with van der Waals surface area (Å²) in [6.45, 7) is 6.66. The largest absolute Gasteiger partial charge is 0.349 e. The number of para-hydroxylation sites is 5. The highest BCUT2D eigenvalue weighted by atomic mass is 15.2. The Hall–Kier alpha value is -7.63. The lowest BCUT2D eigenvalue weighted by molar-refractivity contribution is 0.703. The molecule has 11 aromatic rings. The van der Waals surface area contributed by atoms with E-state index in [1.54, 1.807) is 0 Å². The van der Waals surface area contributed by atoms with E-state index in [4.69, 9.17) is 4.99 Å². The Bertz CT molecular complexity index is 3450. The van der Waals surface area contributed by atoms with Gasteiger partial charge in [-0.15, -0.1) is 0 Å². The Labute approximate surface area is 355 Å². The summed E-state index contributed by atoms with van der Waals surface area (Å²) in [7, 11) is 0. The van der Waals surface area contributed by atoms with Crippen molar-refractivity contribution in [3.63, 3.8) is 0 Å². The van der Waals surface area contributed by atoms with E-state index in [0.29, 0.717) is 0 Å². The predicted octanol–water partition coefficient (Wildman–Crippen LogP) is 14.4. The van der Waals surface area contributed by atoms with Crippen molar-refractivity contribution in [1.82, 2.24) is 19.0 Å².